The Hall–Kier alpha value is -1.55. The van der Waals surface area contributed by atoms with Crippen LogP contribution in [0, 0.1) is 0 Å². The Kier molecular flexibility index (Phi) is 3.10. The number of hydrogen-bond donors (Lipinski definition) is 1. The van der Waals surface area contributed by atoms with E-state index in [0.29, 0.717) is 12.2 Å². The minimum absolute atomic E-state index is 0.244. The number of nitrogens with one attached hydrogen (secondary N) is 1. The molecule has 0 amide bonds. The predicted molar refractivity (Wildman–Crippen MR) is 59.7 cm³/mol. The smallest absolute Gasteiger partial charge is 0.337 e. The largest absolute Gasteiger partial charge is 0.493 e. The van der Waals surface area contributed by atoms with Gasteiger partial charge in [0, 0.05) is 18.0 Å². The van der Waals surface area contributed by atoms with Crippen LogP contribution in [-0.4, -0.2) is 26.7 Å². The molecule has 0 saturated carbocycles. The molecule has 1 N–H and O–H groups in total. The van der Waals surface area contributed by atoms with E-state index in [1.807, 2.05) is 19.2 Å². The summed E-state index contributed by atoms with van der Waals surface area (Å²) in [5.74, 6) is 0.529. The second-order valence-corrected chi connectivity index (χ2v) is 3.72. The van der Waals surface area contributed by atoms with Crippen molar-refractivity contribution in [3.8, 4) is 5.75 Å². The van der Waals surface area contributed by atoms with Crippen molar-refractivity contribution in [1.29, 1.82) is 0 Å². The molecule has 0 aromatic heterocycles. The summed E-state index contributed by atoms with van der Waals surface area (Å²) in [6.45, 7) is 0.704. The van der Waals surface area contributed by atoms with Gasteiger partial charge in [-0.15, -0.1) is 0 Å². The van der Waals surface area contributed by atoms with Crippen molar-refractivity contribution in [3.05, 3.63) is 29.3 Å². The van der Waals surface area contributed by atoms with Crippen molar-refractivity contribution in [2.75, 3.05) is 20.8 Å². The van der Waals surface area contributed by atoms with Gasteiger partial charge in [-0.1, -0.05) is 0 Å². The zero-order chi connectivity index (χ0) is 11.5. The number of ether oxygens (including phenoxy) is 2. The van der Waals surface area contributed by atoms with E-state index in [1.54, 1.807) is 6.07 Å². The Labute approximate surface area is 94.6 Å². The highest BCUT2D eigenvalue weighted by atomic mass is 16.5. The number of hydrogen-bond acceptors (Lipinski definition) is 4. The maximum Gasteiger partial charge on any atom is 0.337 e. The molecule has 0 unspecified atom stereocenters. The molecule has 0 radical (unpaired) electrons. The van der Waals surface area contributed by atoms with E-state index in [-0.39, 0.29) is 12.0 Å². The van der Waals surface area contributed by atoms with Crippen LogP contribution in [0.4, 0.5) is 0 Å². The van der Waals surface area contributed by atoms with Crippen LogP contribution in [0.25, 0.3) is 0 Å². The third-order valence-corrected chi connectivity index (χ3v) is 2.82. The highest BCUT2D eigenvalue weighted by molar-refractivity contribution is 5.89. The monoisotopic (exact) mass is 221 g/mol. The van der Waals surface area contributed by atoms with Gasteiger partial charge in [-0.3, -0.25) is 0 Å². The van der Waals surface area contributed by atoms with Crippen molar-refractivity contribution in [2.24, 2.45) is 0 Å². The van der Waals surface area contributed by atoms with E-state index in [1.165, 1.54) is 7.11 Å². The molecule has 0 saturated heterocycles. The Morgan fingerprint density at radius 3 is 3.06 bits per heavy atom. The second-order valence-electron chi connectivity index (χ2n) is 3.72. The fraction of sp³-hybridized carbons (Fsp3) is 0.417. The molecule has 4 nitrogen and oxygen atoms in total. The van der Waals surface area contributed by atoms with Gasteiger partial charge in [0.05, 0.1) is 19.3 Å². The molecular formula is C12H15NO3. The van der Waals surface area contributed by atoms with E-state index < -0.39 is 0 Å². The number of benzene rings is 1. The summed E-state index contributed by atoms with van der Waals surface area (Å²) in [5.41, 5.74) is 1.59. The number of esters is 1. The van der Waals surface area contributed by atoms with E-state index in [0.717, 1.165) is 17.7 Å². The lowest BCUT2D eigenvalue weighted by molar-refractivity contribution is 0.0600. The molecule has 0 spiro atoms. The minimum Gasteiger partial charge on any atom is -0.493 e. The standard InChI is InChI=1S/C12H15NO3/c1-13-10-5-6-16-11-4-3-8(7-9(10)11)12(14)15-2/h3-4,7,10,13H,5-6H2,1-2H3/t10-/m1/s1. The van der Waals surface area contributed by atoms with Crippen molar-refractivity contribution in [3.63, 3.8) is 0 Å². The van der Waals surface area contributed by atoms with Gasteiger partial charge in [-0.2, -0.15) is 0 Å². The van der Waals surface area contributed by atoms with Gasteiger partial charge in [0.25, 0.3) is 0 Å². The van der Waals surface area contributed by atoms with Gasteiger partial charge in [0.2, 0.25) is 0 Å². The van der Waals surface area contributed by atoms with Gasteiger partial charge in [0.15, 0.2) is 0 Å². The lowest BCUT2D eigenvalue weighted by Gasteiger charge is -2.25. The number of fused-ring (bicyclic) bond motifs is 1. The lowest BCUT2D eigenvalue weighted by Crippen LogP contribution is -2.24. The molecule has 86 valence electrons. The van der Waals surface area contributed by atoms with Gasteiger partial charge in [-0.25, -0.2) is 4.79 Å². The summed E-state index contributed by atoms with van der Waals surface area (Å²) >= 11 is 0. The molecular weight excluding hydrogens is 206 g/mol. The van der Waals surface area contributed by atoms with Crippen molar-refractivity contribution >= 4 is 5.97 Å². The number of methoxy groups -OCH3 is 1. The summed E-state index contributed by atoms with van der Waals surface area (Å²) in [6.07, 6.45) is 0.911. The quantitative estimate of drug-likeness (QED) is 0.769. The van der Waals surface area contributed by atoms with Crippen molar-refractivity contribution in [2.45, 2.75) is 12.5 Å². The van der Waals surface area contributed by atoms with Crippen LogP contribution in [0.3, 0.4) is 0 Å². The highest BCUT2D eigenvalue weighted by Crippen LogP contribution is 2.32. The maximum atomic E-state index is 11.4. The Morgan fingerprint density at radius 1 is 1.56 bits per heavy atom. The summed E-state index contributed by atoms with van der Waals surface area (Å²) in [5, 5.41) is 3.21. The van der Waals surface area contributed by atoms with Gasteiger partial charge in [-0.05, 0) is 25.2 Å². The first-order valence-electron chi connectivity index (χ1n) is 5.28. The molecule has 1 atom stereocenters. The lowest BCUT2D eigenvalue weighted by atomic mass is 9.98. The normalized spacial score (nSPS) is 18.5. The van der Waals surface area contributed by atoms with E-state index in [2.05, 4.69) is 5.32 Å². The summed E-state index contributed by atoms with van der Waals surface area (Å²) in [4.78, 5) is 11.4. The topological polar surface area (TPSA) is 47.6 Å². The van der Waals surface area contributed by atoms with Gasteiger partial charge >= 0.3 is 5.97 Å². The van der Waals surface area contributed by atoms with Crippen LogP contribution in [0.5, 0.6) is 5.75 Å². The minimum atomic E-state index is -0.316. The fourth-order valence-corrected chi connectivity index (χ4v) is 1.94. The molecule has 1 aromatic carbocycles. The van der Waals surface area contributed by atoms with Crippen LogP contribution in [0.1, 0.15) is 28.4 Å². The molecule has 1 aliphatic rings. The molecule has 4 heteroatoms. The molecule has 0 bridgehead atoms. The van der Waals surface area contributed by atoms with Crippen LogP contribution >= 0.6 is 0 Å². The SMILES string of the molecule is CN[C@@H]1CCOc2ccc(C(=O)OC)cc21. The second kappa shape index (κ2) is 4.53. The average molecular weight is 221 g/mol. The molecule has 1 aliphatic heterocycles. The molecule has 0 fully saturated rings. The Balaban J connectivity index is 2.38. The van der Waals surface area contributed by atoms with Crippen LogP contribution in [0.2, 0.25) is 0 Å². The average Bonchev–Trinajstić information content (AvgIpc) is 2.36. The zero-order valence-corrected chi connectivity index (χ0v) is 9.45. The first-order chi connectivity index (χ1) is 7.76. The van der Waals surface area contributed by atoms with Crippen LogP contribution in [-0.2, 0) is 4.74 Å². The van der Waals surface area contributed by atoms with E-state index in [4.69, 9.17) is 9.47 Å². The Bertz CT molecular complexity index is 403. The number of carbonyl (C=O) groups excluding carboxylic acids is 1. The van der Waals surface area contributed by atoms with Gasteiger partial charge < -0.3 is 14.8 Å². The van der Waals surface area contributed by atoms with Crippen LogP contribution in [0.15, 0.2) is 18.2 Å². The predicted octanol–water partition coefficient (Wildman–Crippen LogP) is 1.52. The molecule has 16 heavy (non-hydrogen) atoms. The summed E-state index contributed by atoms with van der Waals surface area (Å²) < 4.78 is 10.2. The third kappa shape index (κ3) is 1.88. The summed E-state index contributed by atoms with van der Waals surface area (Å²) in [7, 11) is 3.29. The van der Waals surface area contributed by atoms with E-state index in [9.17, 15) is 4.79 Å². The number of carbonyl (C=O) groups is 1. The fourth-order valence-electron chi connectivity index (χ4n) is 1.94. The first-order valence-corrected chi connectivity index (χ1v) is 5.28. The molecule has 2 rings (SSSR count). The maximum absolute atomic E-state index is 11.4. The molecule has 1 heterocycles. The molecule has 0 aliphatic carbocycles. The van der Waals surface area contributed by atoms with Crippen molar-refractivity contribution in [1.82, 2.24) is 5.32 Å². The van der Waals surface area contributed by atoms with Crippen molar-refractivity contribution < 1.29 is 14.3 Å². The third-order valence-electron chi connectivity index (χ3n) is 2.82. The first kappa shape index (κ1) is 11.0. The zero-order valence-electron chi connectivity index (χ0n) is 9.45. The molecule has 1 aromatic rings. The Morgan fingerprint density at radius 2 is 2.38 bits per heavy atom. The summed E-state index contributed by atoms with van der Waals surface area (Å²) in [6, 6.07) is 5.63. The van der Waals surface area contributed by atoms with Crippen LogP contribution < -0.4 is 10.1 Å². The van der Waals surface area contributed by atoms with E-state index >= 15 is 0 Å². The van der Waals surface area contributed by atoms with Gasteiger partial charge in [0.1, 0.15) is 5.75 Å². The highest BCUT2D eigenvalue weighted by Gasteiger charge is 2.21. The number of rotatable bonds is 2.